The quantitative estimate of drug-likeness (QED) is 0.765. The van der Waals surface area contributed by atoms with Gasteiger partial charge < -0.3 is 15.2 Å². The molecule has 5 nitrogen and oxygen atoms in total. The van der Waals surface area contributed by atoms with Crippen molar-refractivity contribution in [3.63, 3.8) is 0 Å². The first-order valence-electron chi connectivity index (χ1n) is 6.28. The van der Waals surface area contributed by atoms with Crippen LogP contribution < -0.4 is 5.32 Å². The molecule has 0 atom stereocenters. The minimum absolute atomic E-state index is 0.204. The fourth-order valence-corrected chi connectivity index (χ4v) is 2.12. The fourth-order valence-electron chi connectivity index (χ4n) is 2.12. The zero-order valence-electron chi connectivity index (χ0n) is 10.8. The molecular formula is C14H17NO4. The summed E-state index contributed by atoms with van der Waals surface area (Å²) in [6.07, 6.45) is 1.89. The van der Waals surface area contributed by atoms with Crippen LogP contribution in [0.15, 0.2) is 18.2 Å². The number of hydrogen-bond acceptors (Lipinski definition) is 3. The summed E-state index contributed by atoms with van der Waals surface area (Å²) in [4.78, 5) is 23.3. The molecule has 2 rings (SSSR count). The van der Waals surface area contributed by atoms with Gasteiger partial charge in [-0.25, -0.2) is 4.79 Å². The van der Waals surface area contributed by atoms with Crippen LogP contribution in [0.2, 0.25) is 0 Å². The number of ether oxygens (including phenoxy) is 1. The molecule has 1 aliphatic carbocycles. The highest BCUT2D eigenvalue weighted by molar-refractivity contribution is 6.00. The van der Waals surface area contributed by atoms with Crippen molar-refractivity contribution in [1.82, 2.24) is 5.32 Å². The van der Waals surface area contributed by atoms with E-state index >= 15 is 0 Å². The Labute approximate surface area is 111 Å². The van der Waals surface area contributed by atoms with Crippen LogP contribution in [0, 0.1) is 0 Å². The number of nitrogens with one attached hydrogen (secondary N) is 1. The highest BCUT2D eigenvalue weighted by atomic mass is 16.5. The third-order valence-corrected chi connectivity index (χ3v) is 3.16. The van der Waals surface area contributed by atoms with Crippen molar-refractivity contribution in [2.75, 3.05) is 20.3 Å². The van der Waals surface area contributed by atoms with E-state index in [1.54, 1.807) is 25.3 Å². The minimum atomic E-state index is -0.978. The number of carbonyl (C=O) groups excluding carboxylic acids is 1. The average molecular weight is 263 g/mol. The summed E-state index contributed by atoms with van der Waals surface area (Å²) in [6, 6.07) is 4.85. The zero-order chi connectivity index (χ0) is 13.8. The molecule has 0 saturated heterocycles. The molecule has 1 fully saturated rings. The van der Waals surface area contributed by atoms with E-state index in [9.17, 15) is 14.7 Å². The van der Waals surface area contributed by atoms with Crippen LogP contribution >= 0.6 is 0 Å². The predicted molar refractivity (Wildman–Crippen MR) is 69.6 cm³/mol. The third kappa shape index (κ3) is 3.12. The molecule has 0 aliphatic heterocycles. The van der Waals surface area contributed by atoms with Crippen LogP contribution in [-0.2, 0) is 4.74 Å². The maximum absolute atomic E-state index is 12.1. The SMILES string of the molecule is COCCNC(=O)c1cccc(C(=O)O)c1C1CC1. The van der Waals surface area contributed by atoms with Crippen molar-refractivity contribution in [3.8, 4) is 0 Å². The summed E-state index contributed by atoms with van der Waals surface area (Å²) >= 11 is 0. The maximum atomic E-state index is 12.1. The Kier molecular flexibility index (Phi) is 4.16. The van der Waals surface area contributed by atoms with E-state index in [0.717, 1.165) is 12.8 Å². The molecule has 102 valence electrons. The molecular weight excluding hydrogens is 246 g/mol. The highest BCUT2D eigenvalue weighted by Crippen LogP contribution is 2.43. The van der Waals surface area contributed by atoms with Crippen molar-refractivity contribution in [2.45, 2.75) is 18.8 Å². The number of carboxylic acids is 1. The monoisotopic (exact) mass is 263 g/mol. The van der Waals surface area contributed by atoms with Gasteiger partial charge in [-0.2, -0.15) is 0 Å². The number of aromatic carboxylic acids is 1. The minimum Gasteiger partial charge on any atom is -0.478 e. The molecule has 1 aromatic carbocycles. The zero-order valence-corrected chi connectivity index (χ0v) is 10.8. The number of methoxy groups -OCH3 is 1. The van der Waals surface area contributed by atoms with Gasteiger partial charge in [0.25, 0.3) is 5.91 Å². The summed E-state index contributed by atoms with van der Waals surface area (Å²) in [5.74, 6) is -1.01. The molecule has 0 spiro atoms. The fraction of sp³-hybridized carbons (Fsp3) is 0.429. The lowest BCUT2D eigenvalue weighted by Gasteiger charge is -2.12. The number of hydrogen-bond donors (Lipinski definition) is 2. The van der Waals surface area contributed by atoms with Crippen molar-refractivity contribution >= 4 is 11.9 Å². The Bertz CT molecular complexity index is 494. The van der Waals surface area contributed by atoms with Crippen LogP contribution in [0.25, 0.3) is 0 Å². The number of carboxylic acid groups (broad SMARTS) is 1. The lowest BCUT2D eigenvalue weighted by Crippen LogP contribution is -2.28. The first kappa shape index (κ1) is 13.5. The molecule has 0 aromatic heterocycles. The molecule has 1 amide bonds. The Morgan fingerprint density at radius 1 is 1.37 bits per heavy atom. The largest absolute Gasteiger partial charge is 0.478 e. The third-order valence-electron chi connectivity index (χ3n) is 3.16. The summed E-state index contributed by atoms with van der Waals surface area (Å²) in [6.45, 7) is 0.847. The molecule has 1 saturated carbocycles. The van der Waals surface area contributed by atoms with Gasteiger partial charge in [-0.05, 0) is 36.5 Å². The second-order valence-corrected chi connectivity index (χ2v) is 4.59. The maximum Gasteiger partial charge on any atom is 0.335 e. The first-order valence-corrected chi connectivity index (χ1v) is 6.28. The number of benzene rings is 1. The van der Waals surface area contributed by atoms with E-state index in [1.165, 1.54) is 0 Å². The van der Waals surface area contributed by atoms with Crippen molar-refractivity contribution < 1.29 is 19.4 Å². The standard InChI is InChI=1S/C14H17NO4/c1-19-8-7-15-13(16)10-3-2-4-11(14(17)18)12(10)9-5-6-9/h2-4,9H,5-8H2,1H3,(H,15,16)(H,17,18). The average Bonchev–Trinajstić information content (AvgIpc) is 3.22. The molecule has 19 heavy (non-hydrogen) atoms. The van der Waals surface area contributed by atoms with Gasteiger partial charge >= 0.3 is 5.97 Å². The van der Waals surface area contributed by atoms with Crippen LogP contribution in [0.5, 0.6) is 0 Å². The second-order valence-electron chi connectivity index (χ2n) is 4.59. The smallest absolute Gasteiger partial charge is 0.335 e. The van der Waals surface area contributed by atoms with Crippen LogP contribution in [0.3, 0.4) is 0 Å². The molecule has 5 heteroatoms. The lowest BCUT2D eigenvalue weighted by atomic mass is 9.96. The van der Waals surface area contributed by atoms with Crippen LogP contribution in [0.1, 0.15) is 45.0 Å². The van der Waals surface area contributed by atoms with E-state index in [-0.39, 0.29) is 17.4 Å². The predicted octanol–water partition coefficient (Wildman–Crippen LogP) is 1.64. The van der Waals surface area contributed by atoms with E-state index in [1.807, 2.05) is 0 Å². The van der Waals surface area contributed by atoms with E-state index in [2.05, 4.69) is 5.32 Å². The van der Waals surface area contributed by atoms with Crippen molar-refractivity contribution in [3.05, 3.63) is 34.9 Å². The molecule has 2 N–H and O–H groups in total. The van der Waals surface area contributed by atoms with Crippen molar-refractivity contribution in [2.24, 2.45) is 0 Å². The second kappa shape index (κ2) is 5.84. The van der Waals surface area contributed by atoms with Gasteiger partial charge in [-0.1, -0.05) is 6.07 Å². The van der Waals surface area contributed by atoms with Crippen molar-refractivity contribution in [1.29, 1.82) is 0 Å². The summed E-state index contributed by atoms with van der Waals surface area (Å²) in [5, 5.41) is 11.9. The van der Waals surface area contributed by atoms with Gasteiger partial charge in [0.1, 0.15) is 0 Å². The molecule has 0 heterocycles. The summed E-state index contributed by atoms with van der Waals surface area (Å²) in [5.41, 5.74) is 1.38. The normalized spacial score (nSPS) is 14.2. The molecule has 0 radical (unpaired) electrons. The summed E-state index contributed by atoms with van der Waals surface area (Å²) < 4.78 is 4.87. The molecule has 0 unspecified atom stereocenters. The molecule has 0 bridgehead atoms. The Morgan fingerprint density at radius 3 is 2.63 bits per heavy atom. The Morgan fingerprint density at radius 2 is 2.05 bits per heavy atom. The van der Waals surface area contributed by atoms with E-state index in [0.29, 0.717) is 24.3 Å². The van der Waals surface area contributed by atoms with Crippen LogP contribution in [0.4, 0.5) is 0 Å². The number of amides is 1. The van der Waals surface area contributed by atoms with Gasteiger partial charge in [0.05, 0.1) is 12.2 Å². The first-order chi connectivity index (χ1) is 9.15. The Hall–Kier alpha value is -1.88. The van der Waals surface area contributed by atoms with E-state index < -0.39 is 5.97 Å². The Balaban J connectivity index is 2.26. The molecule has 1 aromatic rings. The van der Waals surface area contributed by atoms with Gasteiger partial charge in [0, 0.05) is 19.2 Å². The van der Waals surface area contributed by atoms with Crippen LogP contribution in [-0.4, -0.2) is 37.2 Å². The highest BCUT2D eigenvalue weighted by Gasteiger charge is 2.32. The lowest BCUT2D eigenvalue weighted by molar-refractivity contribution is 0.0695. The summed E-state index contributed by atoms with van der Waals surface area (Å²) in [7, 11) is 1.56. The van der Waals surface area contributed by atoms with Gasteiger partial charge in [-0.3, -0.25) is 4.79 Å². The van der Waals surface area contributed by atoms with E-state index in [4.69, 9.17) is 4.74 Å². The topological polar surface area (TPSA) is 75.6 Å². The number of rotatable bonds is 6. The van der Waals surface area contributed by atoms with Gasteiger partial charge in [0.2, 0.25) is 0 Å². The van der Waals surface area contributed by atoms with Gasteiger partial charge in [0.15, 0.2) is 0 Å². The van der Waals surface area contributed by atoms with Gasteiger partial charge in [-0.15, -0.1) is 0 Å². The molecule has 1 aliphatic rings. The number of carbonyl (C=O) groups is 2.